The Labute approximate surface area is 176 Å². The number of carbonyl (C=O) groups excluding carboxylic acids is 1. The van der Waals surface area contributed by atoms with Crippen LogP contribution in [0.1, 0.15) is 44.8 Å². The Morgan fingerprint density at radius 1 is 1.13 bits per heavy atom. The Bertz CT molecular complexity index is 1080. The molecule has 4 atom stereocenters. The molecule has 5 N–H and O–H groups in total. The predicted molar refractivity (Wildman–Crippen MR) is 106 cm³/mol. The average Bonchev–Trinajstić information content (AvgIpc) is 3.23. The molecular weight excluding hydrogens is 406 g/mol. The van der Waals surface area contributed by atoms with Gasteiger partial charge >= 0.3 is 0 Å². The van der Waals surface area contributed by atoms with Crippen LogP contribution in [-0.2, 0) is 9.53 Å². The minimum absolute atomic E-state index is 0.000479. The zero-order valence-electron chi connectivity index (χ0n) is 16.8. The van der Waals surface area contributed by atoms with E-state index in [4.69, 9.17) is 4.74 Å². The van der Waals surface area contributed by atoms with Gasteiger partial charge in [0.05, 0.1) is 11.7 Å². The summed E-state index contributed by atoms with van der Waals surface area (Å²) < 4.78 is 6.48. The first-order valence-electron chi connectivity index (χ1n) is 10.8. The highest BCUT2D eigenvalue weighted by atomic mass is 16.7. The molecule has 4 saturated carbocycles. The van der Waals surface area contributed by atoms with Crippen molar-refractivity contribution in [3.05, 3.63) is 16.7 Å². The van der Waals surface area contributed by atoms with Crippen LogP contribution in [0, 0.1) is 23.2 Å². The van der Waals surface area contributed by atoms with Gasteiger partial charge in [-0.1, -0.05) is 0 Å². The first kappa shape index (κ1) is 19.4. The molecule has 0 aromatic carbocycles. The number of aliphatic hydroxyl groups excluding tert-OH is 3. The minimum Gasteiger partial charge on any atom is -0.385 e. The predicted octanol–water partition coefficient (Wildman–Crippen LogP) is -0.157. The molecule has 4 bridgehead atoms. The molecule has 11 nitrogen and oxygen atoms in total. The highest BCUT2D eigenvalue weighted by molar-refractivity contribution is 5.94. The summed E-state index contributed by atoms with van der Waals surface area (Å²) in [6, 6.07) is 0. The summed E-state index contributed by atoms with van der Waals surface area (Å²) in [5.41, 5.74) is -0.867. The fraction of sp³-hybridized carbons (Fsp3) is 0.700. The number of H-pyrrole nitrogens is 1. The van der Waals surface area contributed by atoms with Crippen LogP contribution in [0.5, 0.6) is 0 Å². The summed E-state index contributed by atoms with van der Waals surface area (Å²) >= 11 is 0. The van der Waals surface area contributed by atoms with Gasteiger partial charge in [-0.05, 0) is 56.3 Å². The molecule has 4 aliphatic carbocycles. The molecule has 0 spiro atoms. The molecule has 1 aliphatic heterocycles. The quantitative estimate of drug-likeness (QED) is 0.448. The van der Waals surface area contributed by atoms with Crippen molar-refractivity contribution in [2.45, 2.75) is 63.3 Å². The van der Waals surface area contributed by atoms with E-state index in [9.17, 15) is 24.9 Å². The van der Waals surface area contributed by atoms with E-state index in [0.29, 0.717) is 17.8 Å². The van der Waals surface area contributed by atoms with Gasteiger partial charge in [0.1, 0.15) is 12.2 Å². The summed E-state index contributed by atoms with van der Waals surface area (Å²) in [4.78, 5) is 36.8. The van der Waals surface area contributed by atoms with Crippen LogP contribution in [0.15, 0.2) is 11.1 Å². The van der Waals surface area contributed by atoms with Crippen LogP contribution in [0.25, 0.3) is 11.2 Å². The summed E-state index contributed by atoms with van der Waals surface area (Å²) in [6.07, 6.45) is 1.86. The Hall–Kier alpha value is -2.34. The second-order valence-electron chi connectivity index (χ2n) is 9.79. The number of nitrogens with zero attached hydrogens (tertiary/aromatic N) is 3. The molecule has 1 amide bonds. The number of aliphatic hydroxyl groups is 3. The lowest BCUT2D eigenvalue weighted by molar-refractivity contribution is -0.141. The first-order valence-corrected chi connectivity index (χ1v) is 10.8. The second-order valence-corrected chi connectivity index (χ2v) is 9.79. The maximum Gasteiger partial charge on any atom is 0.280 e. The standard InChI is InChI=1S/C20H25N5O6/c26-12-13(27)17(29)31-16(12)25-7-21-11-14(25)22-19(23-15(11)28)24-18(30)20-4-8-1-9(5-20)3-10(2-8)6-20/h7-10,12-13,16-17,26-27,29H,1-6H2,(H2,22,23,24,28,30)/t8?,9?,10?,12-,13+,16+,17-,20?/m0/s1. The van der Waals surface area contributed by atoms with E-state index in [1.807, 2.05) is 0 Å². The fourth-order valence-corrected chi connectivity index (χ4v) is 6.67. The molecule has 3 heterocycles. The van der Waals surface area contributed by atoms with Gasteiger partial charge in [-0.3, -0.25) is 24.5 Å². The van der Waals surface area contributed by atoms with Crippen LogP contribution >= 0.6 is 0 Å². The van der Waals surface area contributed by atoms with Gasteiger partial charge in [-0.25, -0.2) is 4.98 Å². The van der Waals surface area contributed by atoms with Crippen molar-refractivity contribution in [3.63, 3.8) is 0 Å². The lowest BCUT2D eigenvalue weighted by atomic mass is 9.49. The lowest BCUT2D eigenvalue weighted by Gasteiger charge is -2.55. The molecule has 2 aromatic rings. The number of fused-ring (bicyclic) bond motifs is 1. The summed E-state index contributed by atoms with van der Waals surface area (Å²) in [6.45, 7) is 0. The Kier molecular flexibility index (Phi) is 4.11. The number of hydrogen-bond donors (Lipinski definition) is 5. The van der Waals surface area contributed by atoms with Crippen LogP contribution in [0.4, 0.5) is 5.95 Å². The van der Waals surface area contributed by atoms with Crippen molar-refractivity contribution in [1.82, 2.24) is 19.5 Å². The second kappa shape index (κ2) is 6.58. The highest BCUT2D eigenvalue weighted by Crippen LogP contribution is 2.60. The van der Waals surface area contributed by atoms with Crippen LogP contribution in [0.2, 0.25) is 0 Å². The molecule has 0 radical (unpaired) electrons. The summed E-state index contributed by atoms with van der Waals surface area (Å²) in [7, 11) is 0. The van der Waals surface area contributed by atoms with Crippen molar-refractivity contribution in [2.75, 3.05) is 5.32 Å². The van der Waals surface area contributed by atoms with E-state index in [-0.39, 0.29) is 23.0 Å². The summed E-state index contributed by atoms with van der Waals surface area (Å²) in [5.74, 6) is 1.71. The number of nitrogens with one attached hydrogen (secondary N) is 2. The molecule has 1 saturated heterocycles. The highest BCUT2D eigenvalue weighted by Gasteiger charge is 2.54. The van der Waals surface area contributed by atoms with Crippen molar-refractivity contribution < 1.29 is 24.9 Å². The zero-order valence-corrected chi connectivity index (χ0v) is 16.8. The van der Waals surface area contributed by atoms with E-state index >= 15 is 0 Å². The number of imidazole rings is 1. The largest absolute Gasteiger partial charge is 0.385 e. The third kappa shape index (κ3) is 2.87. The molecule has 11 heteroatoms. The fourth-order valence-electron chi connectivity index (χ4n) is 6.67. The first-order chi connectivity index (χ1) is 14.8. The number of aromatic nitrogens is 4. The van der Waals surface area contributed by atoms with Gasteiger partial charge < -0.3 is 20.1 Å². The molecule has 5 fully saturated rings. The van der Waals surface area contributed by atoms with Gasteiger partial charge in [-0.2, -0.15) is 4.98 Å². The molecule has 31 heavy (non-hydrogen) atoms. The third-order valence-corrected chi connectivity index (χ3v) is 7.67. The normalized spacial score (nSPS) is 41.2. The molecule has 7 rings (SSSR count). The molecule has 2 aromatic heterocycles. The van der Waals surface area contributed by atoms with E-state index in [2.05, 4.69) is 20.3 Å². The number of rotatable bonds is 3. The average molecular weight is 431 g/mol. The smallest absolute Gasteiger partial charge is 0.280 e. The van der Waals surface area contributed by atoms with Crippen LogP contribution < -0.4 is 10.9 Å². The van der Waals surface area contributed by atoms with Crippen LogP contribution in [-0.4, -0.2) is 59.2 Å². The van der Waals surface area contributed by atoms with E-state index < -0.39 is 35.7 Å². The van der Waals surface area contributed by atoms with E-state index in [1.165, 1.54) is 30.2 Å². The number of anilines is 1. The van der Waals surface area contributed by atoms with Gasteiger partial charge in [0.2, 0.25) is 11.9 Å². The maximum absolute atomic E-state index is 13.3. The Morgan fingerprint density at radius 3 is 2.35 bits per heavy atom. The van der Waals surface area contributed by atoms with E-state index in [0.717, 1.165) is 19.3 Å². The van der Waals surface area contributed by atoms with Gasteiger partial charge in [0.15, 0.2) is 23.7 Å². The van der Waals surface area contributed by atoms with E-state index in [1.54, 1.807) is 0 Å². The SMILES string of the molecule is O=C(Nc1nc2c(ncn2[C@@H]2O[C@H](O)[C@H](O)[C@@H]2O)c(=O)[nH]1)C12CC3CC(CC(C3)C1)C2. The Balaban J connectivity index is 1.32. The molecule has 5 aliphatic rings. The number of hydrogen-bond acceptors (Lipinski definition) is 8. The van der Waals surface area contributed by atoms with Crippen molar-refractivity contribution in [2.24, 2.45) is 23.2 Å². The van der Waals surface area contributed by atoms with Crippen LogP contribution in [0.3, 0.4) is 0 Å². The number of ether oxygens (including phenoxy) is 1. The van der Waals surface area contributed by atoms with Gasteiger partial charge in [-0.15, -0.1) is 0 Å². The molecular formula is C20H25N5O6. The van der Waals surface area contributed by atoms with Crippen molar-refractivity contribution in [3.8, 4) is 0 Å². The third-order valence-electron chi connectivity index (χ3n) is 7.67. The molecule has 0 unspecified atom stereocenters. The zero-order chi connectivity index (χ0) is 21.5. The Morgan fingerprint density at radius 2 is 1.77 bits per heavy atom. The summed E-state index contributed by atoms with van der Waals surface area (Å²) in [5, 5.41) is 32.5. The maximum atomic E-state index is 13.3. The lowest BCUT2D eigenvalue weighted by Crippen LogP contribution is -2.52. The minimum atomic E-state index is -1.57. The van der Waals surface area contributed by atoms with Gasteiger partial charge in [0.25, 0.3) is 5.56 Å². The number of carbonyl (C=O) groups is 1. The number of aromatic amines is 1. The van der Waals surface area contributed by atoms with Crippen molar-refractivity contribution >= 4 is 23.0 Å². The number of amides is 1. The topological polar surface area (TPSA) is 163 Å². The molecule has 166 valence electrons. The monoisotopic (exact) mass is 431 g/mol. The van der Waals surface area contributed by atoms with Crippen molar-refractivity contribution in [1.29, 1.82) is 0 Å². The van der Waals surface area contributed by atoms with Gasteiger partial charge in [0, 0.05) is 0 Å².